The Balaban J connectivity index is 4.03. The second-order valence-electron chi connectivity index (χ2n) is 3.38. The van der Waals surface area contributed by atoms with E-state index in [2.05, 4.69) is 5.32 Å². The summed E-state index contributed by atoms with van der Waals surface area (Å²) in [6.07, 6.45) is 0.958. The highest BCUT2D eigenvalue weighted by atomic mass is 16.5. The van der Waals surface area contributed by atoms with E-state index in [4.69, 9.17) is 14.9 Å². The van der Waals surface area contributed by atoms with Crippen molar-refractivity contribution in [3.05, 3.63) is 0 Å². The van der Waals surface area contributed by atoms with Gasteiger partial charge in [-0.25, -0.2) is 0 Å². The lowest BCUT2D eigenvalue weighted by Gasteiger charge is -2.25. The van der Waals surface area contributed by atoms with Crippen LogP contribution in [0.4, 0.5) is 0 Å². The van der Waals surface area contributed by atoms with Gasteiger partial charge in [-0.05, 0) is 26.3 Å². The number of carboxylic acids is 1. The molecule has 0 fully saturated rings. The molecule has 0 aromatic carbocycles. The van der Waals surface area contributed by atoms with Gasteiger partial charge in [-0.15, -0.1) is 0 Å². The summed E-state index contributed by atoms with van der Waals surface area (Å²) < 4.78 is 4.84. The molecule has 5 nitrogen and oxygen atoms in total. The van der Waals surface area contributed by atoms with E-state index in [0.29, 0.717) is 26.0 Å². The van der Waals surface area contributed by atoms with Crippen molar-refractivity contribution in [2.24, 2.45) is 0 Å². The topological polar surface area (TPSA) is 78.8 Å². The summed E-state index contributed by atoms with van der Waals surface area (Å²) in [5.41, 5.74) is -0.967. The van der Waals surface area contributed by atoms with Crippen LogP contribution in [0.25, 0.3) is 0 Å². The van der Waals surface area contributed by atoms with Crippen molar-refractivity contribution < 1.29 is 19.7 Å². The summed E-state index contributed by atoms with van der Waals surface area (Å²) in [6.45, 7) is 2.57. The van der Waals surface area contributed by atoms with Crippen molar-refractivity contribution in [3.8, 4) is 0 Å². The number of carbonyl (C=O) groups is 1. The van der Waals surface area contributed by atoms with Gasteiger partial charge in [-0.1, -0.05) is 0 Å². The van der Waals surface area contributed by atoms with Crippen molar-refractivity contribution in [3.63, 3.8) is 0 Å². The van der Waals surface area contributed by atoms with Gasteiger partial charge in [0.25, 0.3) is 0 Å². The maximum Gasteiger partial charge on any atom is 0.323 e. The third-order valence-corrected chi connectivity index (χ3v) is 2.13. The van der Waals surface area contributed by atoms with Crippen molar-refractivity contribution >= 4 is 5.97 Å². The molecule has 0 saturated heterocycles. The highest BCUT2D eigenvalue weighted by molar-refractivity contribution is 5.78. The average Bonchev–Trinajstić information content (AvgIpc) is 2.15. The largest absolute Gasteiger partial charge is 0.480 e. The number of methoxy groups -OCH3 is 1. The lowest BCUT2D eigenvalue weighted by atomic mass is 9.98. The third kappa shape index (κ3) is 4.55. The van der Waals surface area contributed by atoms with Crippen LogP contribution >= 0.6 is 0 Å². The first-order chi connectivity index (χ1) is 6.56. The van der Waals surface area contributed by atoms with E-state index in [0.717, 1.165) is 0 Å². The van der Waals surface area contributed by atoms with Crippen LogP contribution in [0.2, 0.25) is 0 Å². The molecule has 0 aliphatic carbocycles. The van der Waals surface area contributed by atoms with E-state index in [1.807, 2.05) is 0 Å². The predicted molar refractivity (Wildman–Crippen MR) is 52.2 cm³/mol. The predicted octanol–water partition coefficient (Wildman–Crippen LogP) is -0.162. The quantitative estimate of drug-likeness (QED) is 0.480. The second kappa shape index (κ2) is 6.75. The Bertz CT molecular complexity index is 174. The summed E-state index contributed by atoms with van der Waals surface area (Å²) in [5.74, 6) is -0.896. The minimum absolute atomic E-state index is 0.0625. The maximum atomic E-state index is 10.9. The zero-order chi connectivity index (χ0) is 11.0. The molecule has 0 aliphatic rings. The molecule has 0 heterocycles. The van der Waals surface area contributed by atoms with Crippen LogP contribution in [0, 0.1) is 0 Å². The molecule has 0 amide bonds. The number of ether oxygens (including phenoxy) is 1. The number of nitrogens with one attached hydrogen (secondary N) is 1. The molecule has 14 heavy (non-hydrogen) atoms. The molecule has 3 N–H and O–H groups in total. The van der Waals surface area contributed by atoms with Gasteiger partial charge in [0, 0.05) is 20.3 Å². The Morgan fingerprint density at radius 1 is 1.57 bits per heavy atom. The van der Waals surface area contributed by atoms with Crippen molar-refractivity contribution in [2.75, 3.05) is 26.9 Å². The van der Waals surface area contributed by atoms with E-state index in [-0.39, 0.29) is 6.61 Å². The fourth-order valence-corrected chi connectivity index (χ4v) is 1.02. The molecule has 0 bridgehead atoms. The first-order valence-corrected chi connectivity index (χ1v) is 4.65. The first-order valence-electron chi connectivity index (χ1n) is 4.65. The summed E-state index contributed by atoms with van der Waals surface area (Å²) in [4.78, 5) is 10.9. The molecule has 0 rings (SSSR count). The highest BCUT2D eigenvalue weighted by Crippen LogP contribution is 2.09. The van der Waals surface area contributed by atoms with Crippen molar-refractivity contribution in [1.82, 2.24) is 5.32 Å². The molecular formula is C9H19NO4. The average molecular weight is 205 g/mol. The van der Waals surface area contributed by atoms with Crippen molar-refractivity contribution in [1.29, 1.82) is 0 Å². The minimum atomic E-state index is -0.967. The van der Waals surface area contributed by atoms with Gasteiger partial charge in [0.05, 0.1) is 0 Å². The number of hydrogen-bond donors (Lipinski definition) is 3. The summed E-state index contributed by atoms with van der Waals surface area (Å²) in [7, 11) is 1.54. The molecule has 0 radical (unpaired) electrons. The number of hydrogen-bond acceptors (Lipinski definition) is 4. The molecule has 1 atom stereocenters. The Hall–Kier alpha value is -0.650. The van der Waals surface area contributed by atoms with Crippen LogP contribution in [0.15, 0.2) is 0 Å². The van der Waals surface area contributed by atoms with Gasteiger partial charge >= 0.3 is 5.97 Å². The fourth-order valence-electron chi connectivity index (χ4n) is 1.02. The molecule has 84 valence electrons. The van der Waals surface area contributed by atoms with Gasteiger partial charge in [0.1, 0.15) is 5.54 Å². The van der Waals surface area contributed by atoms with Gasteiger partial charge in [0.15, 0.2) is 0 Å². The molecular weight excluding hydrogens is 186 g/mol. The third-order valence-electron chi connectivity index (χ3n) is 2.13. The fraction of sp³-hybridized carbons (Fsp3) is 0.889. The molecule has 0 saturated carbocycles. The number of aliphatic hydroxyl groups excluding tert-OH is 1. The number of rotatable bonds is 8. The number of aliphatic carboxylic acids is 1. The monoisotopic (exact) mass is 205 g/mol. The zero-order valence-corrected chi connectivity index (χ0v) is 8.75. The van der Waals surface area contributed by atoms with E-state index >= 15 is 0 Å². The number of carboxylic acid groups (broad SMARTS) is 1. The second-order valence-corrected chi connectivity index (χ2v) is 3.38. The van der Waals surface area contributed by atoms with Crippen LogP contribution in [0.3, 0.4) is 0 Å². The summed E-state index contributed by atoms with van der Waals surface area (Å²) in [6, 6.07) is 0. The van der Waals surface area contributed by atoms with E-state index in [1.165, 1.54) is 7.11 Å². The minimum Gasteiger partial charge on any atom is -0.480 e. The van der Waals surface area contributed by atoms with Crippen molar-refractivity contribution in [2.45, 2.75) is 25.3 Å². The summed E-state index contributed by atoms with van der Waals surface area (Å²) in [5, 5.41) is 20.4. The number of aliphatic hydroxyl groups is 1. The lowest BCUT2D eigenvalue weighted by Crippen LogP contribution is -2.50. The molecule has 0 aromatic heterocycles. The van der Waals surface area contributed by atoms with Crippen LogP contribution in [-0.4, -0.2) is 48.6 Å². The van der Waals surface area contributed by atoms with E-state index in [9.17, 15) is 4.79 Å². The molecule has 5 heteroatoms. The van der Waals surface area contributed by atoms with Crippen LogP contribution in [0.1, 0.15) is 19.8 Å². The Morgan fingerprint density at radius 3 is 2.64 bits per heavy atom. The molecule has 1 unspecified atom stereocenters. The molecule has 0 aromatic rings. The Morgan fingerprint density at radius 2 is 2.21 bits per heavy atom. The van der Waals surface area contributed by atoms with Crippen LogP contribution in [-0.2, 0) is 9.53 Å². The van der Waals surface area contributed by atoms with E-state index < -0.39 is 11.5 Å². The van der Waals surface area contributed by atoms with Gasteiger partial charge in [-0.2, -0.15) is 0 Å². The van der Waals surface area contributed by atoms with Gasteiger partial charge < -0.3 is 20.3 Å². The first kappa shape index (κ1) is 13.4. The Labute approximate surface area is 84.1 Å². The standard InChI is InChI=1S/C9H19NO4/c1-9(8(12)13,4-7-14-2)10-5-3-6-11/h10-11H,3-7H2,1-2H3,(H,12,13). The molecule has 0 spiro atoms. The lowest BCUT2D eigenvalue weighted by molar-refractivity contribution is -0.145. The van der Waals surface area contributed by atoms with E-state index in [1.54, 1.807) is 6.92 Å². The van der Waals surface area contributed by atoms with Crippen LogP contribution < -0.4 is 5.32 Å². The van der Waals surface area contributed by atoms with Gasteiger partial charge in [0.2, 0.25) is 0 Å². The zero-order valence-electron chi connectivity index (χ0n) is 8.75. The van der Waals surface area contributed by atoms with Crippen LogP contribution in [0.5, 0.6) is 0 Å². The SMILES string of the molecule is COCCC(C)(NCCCO)C(=O)O. The normalized spacial score (nSPS) is 15.1. The summed E-state index contributed by atoms with van der Waals surface area (Å²) >= 11 is 0. The molecule has 0 aliphatic heterocycles. The maximum absolute atomic E-state index is 10.9. The van der Waals surface area contributed by atoms with Gasteiger partial charge in [-0.3, -0.25) is 4.79 Å². The smallest absolute Gasteiger partial charge is 0.323 e. The highest BCUT2D eigenvalue weighted by Gasteiger charge is 2.31. The Kier molecular flexibility index (Phi) is 6.44.